The summed E-state index contributed by atoms with van der Waals surface area (Å²) in [6.45, 7) is 1.23. The number of nitro groups is 1. The lowest BCUT2D eigenvalue weighted by molar-refractivity contribution is -0.384. The molecule has 0 amide bonds. The Kier molecular flexibility index (Phi) is 4.81. The summed E-state index contributed by atoms with van der Waals surface area (Å²) in [5, 5.41) is 11.0. The van der Waals surface area contributed by atoms with Crippen molar-refractivity contribution in [3.05, 3.63) is 64.0 Å². The molecule has 110 valence electrons. The van der Waals surface area contributed by atoms with Gasteiger partial charge < -0.3 is 5.43 Å². The third kappa shape index (κ3) is 3.74. The number of rotatable bonds is 6. The SMILES string of the molecule is CN(Cc1cccnc1)Cc1cccc([N+](=O)[O-])c1NN. The Morgan fingerprint density at radius 2 is 2.14 bits per heavy atom. The molecule has 2 aromatic rings. The van der Waals surface area contributed by atoms with Gasteiger partial charge in [-0.25, -0.2) is 0 Å². The van der Waals surface area contributed by atoms with Crippen LogP contribution in [0.4, 0.5) is 11.4 Å². The number of anilines is 1. The number of hydrogen-bond donors (Lipinski definition) is 2. The van der Waals surface area contributed by atoms with Crippen molar-refractivity contribution >= 4 is 11.4 Å². The normalized spacial score (nSPS) is 10.6. The number of nitro benzene ring substituents is 1. The molecule has 0 atom stereocenters. The predicted molar refractivity (Wildman–Crippen MR) is 80.3 cm³/mol. The van der Waals surface area contributed by atoms with Gasteiger partial charge in [-0.15, -0.1) is 0 Å². The highest BCUT2D eigenvalue weighted by Crippen LogP contribution is 2.28. The van der Waals surface area contributed by atoms with Crippen molar-refractivity contribution < 1.29 is 4.92 Å². The molecular formula is C14H17N5O2. The lowest BCUT2D eigenvalue weighted by atomic mass is 10.1. The van der Waals surface area contributed by atoms with Gasteiger partial charge in [-0.3, -0.25) is 25.8 Å². The van der Waals surface area contributed by atoms with Crippen molar-refractivity contribution in [2.45, 2.75) is 13.1 Å². The van der Waals surface area contributed by atoms with E-state index >= 15 is 0 Å². The van der Waals surface area contributed by atoms with Crippen molar-refractivity contribution in [2.75, 3.05) is 12.5 Å². The molecule has 1 aromatic carbocycles. The fourth-order valence-corrected chi connectivity index (χ4v) is 2.19. The average Bonchev–Trinajstić information content (AvgIpc) is 2.47. The van der Waals surface area contributed by atoms with Crippen LogP contribution in [0.25, 0.3) is 0 Å². The number of hydrogen-bond acceptors (Lipinski definition) is 6. The van der Waals surface area contributed by atoms with Crippen molar-refractivity contribution in [2.24, 2.45) is 5.84 Å². The summed E-state index contributed by atoms with van der Waals surface area (Å²) in [5.41, 5.74) is 4.61. The highest BCUT2D eigenvalue weighted by molar-refractivity contribution is 5.65. The zero-order valence-electron chi connectivity index (χ0n) is 11.7. The van der Waals surface area contributed by atoms with Gasteiger partial charge in [0.1, 0.15) is 5.69 Å². The fourth-order valence-electron chi connectivity index (χ4n) is 2.19. The second kappa shape index (κ2) is 6.78. The van der Waals surface area contributed by atoms with E-state index in [0.717, 1.165) is 11.1 Å². The van der Waals surface area contributed by atoms with Crippen molar-refractivity contribution in [3.8, 4) is 0 Å². The van der Waals surface area contributed by atoms with Crippen molar-refractivity contribution in [3.63, 3.8) is 0 Å². The molecule has 0 spiro atoms. The minimum atomic E-state index is -0.445. The first kappa shape index (κ1) is 14.9. The maximum atomic E-state index is 11.0. The lowest BCUT2D eigenvalue weighted by Gasteiger charge is -2.18. The number of nitrogen functional groups attached to an aromatic ring is 1. The monoisotopic (exact) mass is 287 g/mol. The molecular weight excluding hydrogens is 270 g/mol. The standard InChI is InChI=1S/C14H17N5O2/c1-18(9-11-4-3-7-16-8-11)10-12-5-2-6-13(19(20)21)14(12)17-15/h2-8,17H,9-10,15H2,1H3. The number of nitrogens with one attached hydrogen (secondary N) is 1. The van der Waals surface area contributed by atoms with Gasteiger partial charge in [0, 0.05) is 31.5 Å². The van der Waals surface area contributed by atoms with Crippen LogP contribution in [0.1, 0.15) is 11.1 Å². The van der Waals surface area contributed by atoms with Crippen LogP contribution in [-0.4, -0.2) is 21.9 Å². The third-order valence-corrected chi connectivity index (χ3v) is 3.09. The first-order valence-corrected chi connectivity index (χ1v) is 6.42. The van der Waals surface area contributed by atoms with Gasteiger partial charge in [0.2, 0.25) is 0 Å². The molecule has 0 aliphatic carbocycles. The molecule has 21 heavy (non-hydrogen) atoms. The quantitative estimate of drug-likeness (QED) is 0.478. The zero-order valence-corrected chi connectivity index (χ0v) is 11.7. The van der Waals surface area contributed by atoms with Gasteiger partial charge in [0.15, 0.2) is 0 Å². The lowest BCUT2D eigenvalue weighted by Crippen LogP contribution is -2.20. The summed E-state index contributed by atoms with van der Waals surface area (Å²) in [5.74, 6) is 5.43. The number of nitrogens with zero attached hydrogens (tertiary/aromatic N) is 3. The topological polar surface area (TPSA) is 97.3 Å². The van der Waals surface area contributed by atoms with Crippen LogP contribution >= 0.6 is 0 Å². The van der Waals surface area contributed by atoms with Gasteiger partial charge in [-0.05, 0) is 24.2 Å². The van der Waals surface area contributed by atoms with E-state index in [1.54, 1.807) is 18.5 Å². The minimum absolute atomic E-state index is 0.0234. The summed E-state index contributed by atoms with van der Waals surface area (Å²) in [7, 11) is 1.94. The molecule has 0 fully saturated rings. The average molecular weight is 287 g/mol. The van der Waals surface area contributed by atoms with Gasteiger partial charge in [0.05, 0.1) is 4.92 Å². The smallest absolute Gasteiger partial charge is 0.293 e. The van der Waals surface area contributed by atoms with Crippen LogP contribution < -0.4 is 11.3 Å². The van der Waals surface area contributed by atoms with E-state index in [0.29, 0.717) is 18.8 Å². The Labute approximate surface area is 122 Å². The zero-order chi connectivity index (χ0) is 15.2. The Hall–Kier alpha value is -2.51. The minimum Gasteiger partial charge on any atom is -0.318 e. The first-order valence-electron chi connectivity index (χ1n) is 6.42. The predicted octanol–water partition coefficient (Wildman–Crippen LogP) is 1.91. The Balaban J connectivity index is 2.15. The van der Waals surface area contributed by atoms with E-state index in [9.17, 15) is 10.1 Å². The maximum Gasteiger partial charge on any atom is 0.293 e. The first-order chi connectivity index (χ1) is 10.1. The highest BCUT2D eigenvalue weighted by atomic mass is 16.6. The van der Waals surface area contributed by atoms with E-state index in [1.807, 2.05) is 30.1 Å². The molecule has 0 saturated carbocycles. The summed E-state index contributed by atoms with van der Waals surface area (Å²) in [6.07, 6.45) is 3.52. The molecule has 0 saturated heterocycles. The van der Waals surface area contributed by atoms with E-state index in [4.69, 9.17) is 5.84 Å². The van der Waals surface area contributed by atoms with Crippen LogP contribution in [-0.2, 0) is 13.1 Å². The van der Waals surface area contributed by atoms with Gasteiger partial charge in [-0.1, -0.05) is 18.2 Å². The van der Waals surface area contributed by atoms with E-state index in [-0.39, 0.29) is 5.69 Å². The number of para-hydroxylation sites is 1. The number of hydrazine groups is 1. The third-order valence-electron chi connectivity index (χ3n) is 3.09. The molecule has 7 heteroatoms. The van der Waals surface area contributed by atoms with Crippen molar-refractivity contribution in [1.82, 2.24) is 9.88 Å². The van der Waals surface area contributed by atoms with Crippen LogP contribution in [0.3, 0.4) is 0 Å². The molecule has 2 rings (SSSR count). The molecule has 0 aliphatic heterocycles. The molecule has 7 nitrogen and oxygen atoms in total. The molecule has 1 aromatic heterocycles. The van der Waals surface area contributed by atoms with Crippen LogP contribution in [0.2, 0.25) is 0 Å². The van der Waals surface area contributed by atoms with Crippen LogP contribution in [0, 0.1) is 10.1 Å². The van der Waals surface area contributed by atoms with Gasteiger partial charge in [-0.2, -0.15) is 0 Å². The summed E-state index contributed by atoms with van der Waals surface area (Å²) >= 11 is 0. The summed E-state index contributed by atoms with van der Waals surface area (Å²) in [6, 6.07) is 8.77. The van der Waals surface area contributed by atoms with Crippen LogP contribution in [0.15, 0.2) is 42.7 Å². The molecule has 1 heterocycles. The van der Waals surface area contributed by atoms with E-state index in [2.05, 4.69) is 10.4 Å². The second-order valence-corrected chi connectivity index (χ2v) is 4.75. The van der Waals surface area contributed by atoms with Gasteiger partial charge in [0.25, 0.3) is 5.69 Å². The van der Waals surface area contributed by atoms with Crippen LogP contribution in [0.5, 0.6) is 0 Å². The molecule has 0 radical (unpaired) electrons. The second-order valence-electron chi connectivity index (χ2n) is 4.75. The molecule has 0 bridgehead atoms. The van der Waals surface area contributed by atoms with E-state index in [1.165, 1.54) is 6.07 Å². The Morgan fingerprint density at radius 1 is 1.33 bits per heavy atom. The van der Waals surface area contributed by atoms with Gasteiger partial charge >= 0.3 is 0 Å². The molecule has 0 unspecified atom stereocenters. The fraction of sp³-hybridized carbons (Fsp3) is 0.214. The highest BCUT2D eigenvalue weighted by Gasteiger charge is 2.17. The molecule has 3 N–H and O–H groups in total. The van der Waals surface area contributed by atoms with Crippen molar-refractivity contribution in [1.29, 1.82) is 0 Å². The summed E-state index contributed by atoms with van der Waals surface area (Å²) < 4.78 is 0. The Morgan fingerprint density at radius 3 is 2.76 bits per heavy atom. The maximum absolute atomic E-state index is 11.0. The number of aromatic nitrogens is 1. The summed E-state index contributed by atoms with van der Waals surface area (Å²) in [4.78, 5) is 16.7. The largest absolute Gasteiger partial charge is 0.318 e. The van der Waals surface area contributed by atoms with E-state index < -0.39 is 4.92 Å². The number of pyridine rings is 1. The Bertz CT molecular complexity index is 618. The number of benzene rings is 1. The molecule has 0 aliphatic rings. The number of nitrogens with two attached hydrogens (primary N) is 1.